The van der Waals surface area contributed by atoms with Crippen LogP contribution >= 0.6 is 0 Å². The predicted molar refractivity (Wildman–Crippen MR) is 193 cm³/mol. The molecule has 0 aliphatic carbocycles. The molecular weight excluding hydrogens is 640 g/mol. The van der Waals surface area contributed by atoms with E-state index in [0.717, 1.165) is 67.8 Å². The first-order valence-corrected chi connectivity index (χ1v) is 17.5. The van der Waals surface area contributed by atoms with Crippen molar-refractivity contribution >= 4 is 35.3 Å². The highest BCUT2D eigenvalue weighted by molar-refractivity contribution is 5.94. The van der Waals surface area contributed by atoms with Gasteiger partial charge in [-0.05, 0) is 54.5 Å². The van der Waals surface area contributed by atoms with Gasteiger partial charge in [-0.1, -0.05) is 94.0 Å². The lowest BCUT2D eigenvalue weighted by Gasteiger charge is -2.29. The molecule has 0 radical (unpaired) electrons. The normalized spacial score (nSPS) is 13.7. The predicted octanol–water partition coefficient (Wildman–Crippen LogP) is 6.26. The maximum absolute atomic E-state index is 13.4. The smallest absolute Gasteiger partial charge is 0.337 e. The number of anilines is 1. The summed E-state index contributed by atoms with van der Waals surface area (Å²) in [6.07, 6.45) is 11.3. The number of allylic oxidation sites excluding steroid dienone is 1. The topological polar surface area (TPSA) is 182 Å². The second-order valence-electron chi connectivity index (χ2n) is 13.1. The molecule has 0 heterocycles. The first-order valence-electron chi connectivity index (χ1n) is 17.5. The van der Waals surface area contributed by atoms with E-state index < -0.39 is 47.8 Å². The second-order valence-corrected chi connectivity index (χ2v) is 13.1. The largest absolute Gasteiger partial charge is 0.481 e. The summed E-state index contributed by atoms with van der Waals surface area (Å²) in [5.41, 5.74) is 0.480. The molecule has 274 valence electrons. The standard InChI is InChI=1S/C39H54N2O9/c1-4-5-6-9-12-15-32(42)16-13-10-7-8-11-14-17-33(39(50,38(48)49)27-35(43)44)36(45)40-34(37(46)47)26-28-18-20-29(21-19-28)30-22-24-31(25-23-30)41(2)3/h14,17-25,33-34,50H,4-13,15-16,26-27H2,1-3H3,(H,40,45)(H,43,44)(H,46,47)(H,48,49)/t33-,34+,39+/m1/s1. The van der Waals surface area contributed by atoms with Crippen LogP contribution in [0.15, 0.2) is 60.7 Å². The number of benzene rings is 2. The minimum absolute atomic E-state index is 0.136. The number of ketones is 1. The fraction of sp³-hybridized carbons (Fsp3) is 0.513. The molecule has 0 fully saturated rings. The van der Waals surface area contributed by atoms with E-state index in [1.54, 1.807) is 12.1 Å². The highest BCUT2D eigenvalue weighted by atomic mass is 16.4. The SMILES string of the molecule is CCCCCCCC(=O)CCCCCCC=C[C@H](C(=O)N[C@@H](Cc1ccc(-c2ccc(N(C)C)cc2)cc1)C(=O)O)[C@@](O)(CC(=O)O)C(=O)O. The van der Waals surface area contributed by atoms with E-state index in [0.29, 0.717) is 31.2 Å². The van der Waals surface area contributed by atoms with Crippen LogP contribution in [0.1, 0.15) is 96.0 Å². The van der Waals surface area contributed by atoms with Crippen molar-refractivity contribution in [2.45, 2.75) is 108 Å². The van der Waals surface area contributed by atoms with Gasteiger partial charge in [0, 0.05) is 39.0 Å². The van der Waals surface area contributed by atoms with Crippen LogP contribution in [0.3, 0.4) is 0 Å². The van der Waals surface area contributed by atoms with Crippen LogP contribution in [0.2, 0.25) is 0 Å². The first kappa shape index (κ1) is 41.7. The number of aliphatic carboxylic acids is 3. The fourth-order valence-electron chi connectivity index (χ4n) is 5.72. The van der Waals surface area contributed by atoms with E-state index in [-0.39, 0.29) is 12.2 Å². The Morgan fingerprint density at radius 1 is 0.780 bits per heavy atom. The second kappa shape index (κ2) is 21.5. The average molecular weight is 695 g/mol. The number of carboxylic acids is 3. The summed E-state index contributed by atoms with van der Waals surface area (Å²) in [5, 5.41) is 42.4. The number of nitrogens with one attached hydrogen (secondary N) is 1. The lowest BCUT2D eigenvalue weighted by atomic mass is 9.82. The van der Waals surface area contributed by atoms with Crippen LogP contribution in [0, 0.1) is 5.92 Å². The molecule has 5 N–H and O–H groups in total. The quantitative estimate of drug-likeness (QED) is 0.0587. The molecule has 1 amide bonds. The van der Waals surface area contributed by atoms with Gasteiger partial charge in [0.1, 0.15) is 11.8 Å². The van der Waals surface area contributed by atoms with Crippen molar-refractivity contribution in [3.8, 4) is 11.1 Å². The Kier molecular flexibility index (Phi) is 18.0. The van der Waals surface area contributed by atoms with E-state index >= 15 is 0 Å². The fourth-order valence-corrected chi connectivity index (χ4v) is 5.72. The van der Waals surface area contributed by atoms with Gasteiger partial charge in [-0.25, -0.2) is 9.59 Å². The number of carboxylic acid groups (broad SMARTS) is 3. The van der Waals surface area contributed by atoms with Crippen molar-refractivity contribution < 1.29 is 44.4 Å². The molecule has 0 aliphatic rings. The molecule has 0 saturated carbocycles. The molecule has 2 rings (SSSR count). The zero-order chi connectivity index (χ0) is 37.1. The van der Waals surface area contributed by atoms with Crippen LogP contribution < -0.4 is 10.2 Å². The highest BCUT2D eigenvalue weighted by Gasteiger charge is 2.49. The van der Waals surface area contributed by atoms with Crippen LogP contribution in [0.25, 0.3) is 11.1 Å². The molecule has 11 heteroatoms. The lowest BCUT2D eigenvalue weighted by molar-refractivity contribution is -0.172. The van der Waals surface area contributed by atoms with Gasteiger partial charge < -0.3 is 30.6 Å². The number of rotatable bonds is 25. The summed E-state index contributed by atoms with van der Waals surface area (Å²) >= 11 is 0. The number of carbonyl (C=O) groups excluding carboxylic acids is 2. The van der Waals surface area contributed by atoms with Gasteiger partial charge in [-0.15, -0.1) is 0 Å². The molecule has 0 spiro atoms. The third-order valence-electron chi connectivity index (χ3n) is 8.78. The number of hydrogen-bond acceptors (Lipinski definition) is 7. The zero-order valence-corrected chi connectivity index (χ0v) is 29.6. The molecule has 2 aromatic carbocycles. The van der Waals surface area contributed by atoms with Gasteiger partial charge >= 0.3 is 17.9 Å². The molecule has 0 aromatic heterocycles. The number of amides is 1. The summed E-state index contributed by atoms with van der Waals surface area (Å²) in [6, 6.07) is 13.5. The summed E-state index contributed by atoms with van der Waals surface area (Å²) in [7, 11) is 3.89. The Morgan fingerprint density at radius 2 is 1.32 bits per heavy atom. The molecule has 0 unspecified atom stereocenters. The maximum Gasteiger partial charge on any atom is 0.337 e. The van der Waals surface area contributed by atoms with Crippen LogP contribution in [-0.4, -0.2) is 75.8 Å². The molecule has 0 aliphatic heterocycles. The molecule has 0 bridgehead atoms. The summed E-state index contributed by atoms with van der Waals surface area (Å²) in [5.74, 6) is -7.66. The van der Waals surface area contributed by atoms with Gasteiger partial charge in [0.05, 0.1) is 12.3 Å². The molecule has 50 heavy (non-hydrogen) atoms. The Morgan fingerprint density at radius 3 is 1.82 bits per heavy atom. The van der Waals surface area contributed by atoms with E-state index in [1.165, 1.54) is 12.5 Å². The Bertz CT molecular complexity index is 1420. The van der Waals surface area contributed by atoms with Crippen molar-refractivity contribution in [2.75, 3.05) is 19.0 Å². The van der Waals surface area contributed by atoms with Gasteiger partial charge in [0.2, 0.25) is 5.91 Å². The Balaban J connectivity index is 2.04. The minimum Gasteiger partial charge on any atom is -0.481 e. The summed E-state index contributed by atoms with van der Waals surface area (Å²) in [6.45, 7) is 2.15. The van der Waals surface area contributed by atoms with Crippen molar-refractivity contribution in [3.05, 3.63) is 66.2 Å². The van der Waals surface area contributed by atoms with Crippen LogP contribution in [-0.2, 0) is 30.4 Å². The maximum atomic E-state index is 13.4. The van der Waals surface area contributed by atoms with Crippen molar-refractivity contribution in [1.29, 1.82) is 0 Å². The third-order valence-corrected chi connectivity index (χ3v) is 8.78. The van der Waals surface area contributed by atoms with E-state index in [1.807, 2.05) is 55.4 Å². The van der Waals surface area contributed by atoms with E-state index in [2.05, 4.69) is 12.2 Å². The van der Waals surface area contributed by atoms with Crippen molar-refractivity contribution in [1.82, 2.24) is 5.32 Å². The van der Waals surface area contributed by atoms with Gasteiger partial charge in [-0.3, -0.25) is 14.4 Å². The molecule has 2 aromatic rings. The minimum atomic E-state index is -3.02. The zero-order valence-electron chi connectivity index (χ0n) is 29.6. The number of aliphatic hydroxyl groups is 1. The van der Waals surface area contributed by atoms with Crippen LogP contribution in [0.5, 0.6) is 0 Å². The molecule has 0 saturated heterocycles. The monoisotopic (exact) mass is 694 g/mol. The number of carbonyl (C=O) groups is 5. The third kappa shape index (κ3) is 14.2. The van der Waals surface area contributed by atoms with Gasteiger partial charge in [-0.2, -0.15) is 0 Å². The van der Waals surface area contributed by atoms with Gasteiger partial charge in [0.25, 0.3) is 0 Å². The first-order chi connectivity index (χ1) is 23.8. The van der Waals surface area contributed by atoms with Crippen molar-refractivity contribution in [3.63, 3.8) is 0 Å². The number of unbranched alkanes of at least 4 members (excludes halogenated alkanes) is 8. The Hall–Kier alpha value is -4.51. The van der Waals surface area contributed by atoms with Gasteiger partial charge in [0.15, 0.2) is 5.60 Å². The lowest BCUT2D eigenvalue weighted by Crippen LogP contribution is -2.55. The average Bonchev–Trinajstić information content (AvgIpc) is 3.07. The molecule has 11 nitrogen and oxygen atoms in total. The number of hydrogen-bond donors (Lipinski definition) is 5. The number of nitrogens with zero attached hydrogens (tertiary/aromatic N) is 1. The molecular formula is C39H54N2O9. The number of Topliss-reactive ketones (excluding diaryl/α,β-unsaturated/α-hetero) is 1. The van der Waals surface area contributed by atoms with Crippen molar-refractivity contribution in [2.24, 2.45) is 5.92 Å². The Labute approximate surface area is 295 Å². The molecule has 3 atom stereocenters. The van der Waals surface area contributed by atoms with E-state index in [4.69, 9.17) is 0 Å². The van der Waals surface area contributed by atoms with Crippen LogP contribution in [0.4, 0.5) is 5.69 Å². The highest BCUT2D eigenvalue weighted by Crippen LogP contribution is 2.26. The summed E-state index contributed by atoms with van der Waals surface area (Å²) in [4.78, 5) is 63.3. The van der Waals surface area contributed by atoms with E-state index in [9.17, 15) is 44.4 Å². The summed E-state index contributed by atoms with van der Waals surface area (Å²) < 4.78 is 0.